The van der Waals surface area contributed by atoms with Gasteiger partial charge in [-0.05, 0) is 63.1 Å². The summed E-state index contributed by atoms with van der Waals surface area (Å²) in [5.74, 6) is -0.231. The van der Waals surface area contributed by atoms with Crippen molar-refractivity contribution in [2.45, 2.75) is 39.3 Å². The number of anilines is 2. The molecular formula is C26H27ClN6O3. The van der Waals surface area contributed by atoms with Gasteiger partial charge in [-0.2, -0.15) is 0 Å². The third-order valence-corrected chi connectivity index (χ3v) is 6.42. The fourth-order valence-electron chi connectivity index (χ4n) is 4.70. The molecule has 0 bridgehead atoms. The third kappa shape index (κ3) is 3.99. The molecule has 2 aromatic heterocycles. The minimum absolute atomic E-state index is 0.231. The maximum atomic E-state index is 14.1. The van der Waals surface area contributed by atoms with Gasteiger partial charge in [-0.1, -0.05) is 28.9 Å². The molecule has 2 amide bonds. The van der Waals surface area contributed by atoms with Crippen molar-refractivity contribution in [2.24, 2.45) is 14.1 Å². The van der Waals surface area contributed by atoms with Gasteiger partial charge in [0, 0.05) is 31.0 Å². The van der Waals surface area contributed by atoms with Crippen LogP contribution < -0.4 is 10.2 Å². The van der Waals surface area contributed by atoms with Crippen LogP contribution in [0.4, 0.5) is 16.2 Å². The van der Waals surface area contributed by atoms with E-state index in [0.717, 1.165) is 27.9 Å². The van der Waals surface area contributed by atoms with Crippen LogP contribution in [-0.4, -0.2) is 37.2 Å². The number of benzene rings is 2. The zero-order chi connectivity index (χ0) is 25.9. The summed E-state index contributed by atoms with van der Waals surface area (Å²) in [5, 5.41) is 11.8. The van der Waals surface area contributed by atoms with E-state index in [0.29, 0.717) is 22.0 Å². The predicted octanol–water partition coefficient (Wildman–Crippen LogP) is 5.37. The number of ether oxygens (including phenoxy) is 1. The molecule has 3 heterocycles. The number of fused-ring (bicyclic) bond motifs is 2. The van der Waals surface area contributed by atoms with E-state index in [4.69, 9.17) is 16.3 Å². The minimum atomic E-state index is -0.673. The largest absolute Gasteiger partial charge is 0.444 e. The lowest BCUT2D eigenvalue weighted by atomic mass is 10.0. The number of amides is 2. The van der Waals surface area contributed by atoms with Crippen LogP contribution >= 0.6 is 11.6 Å². The second-order valence-electron chi connectivity index (χ2n) is 10.0. The Morgan fingerprint density at radius 1 is 1.14 bits per heavy atom. The quantitative estimate of drug-likeness (QED) is 0.403. The van der Waals surface area contributed by atoms with Gasteiger partial charge in [-0.3, -0.25) is 15.0 Å². The van der Waals surface area contributed by atoms with Crippen molar-refractivity contribution in [1.29, 1.82) is 0 Å². The second-order valence-corrected chi connectivity index (χ2v) is 10.4. The number of hydrogen-bond acceptors (Lipinski definition) is 5. The van der Waals surface area contributed by atoms with Gasteiger partial charge in [0.25, 0.3) is 5.91 Å². The first kappa shape index (κ1) is 23.9. The number of carbonyl (C=O) groups excluding carboxylic acids is 2. The topological polar surface area (TPSA) is 94.3 Å². The van der Waals surface area contributed by atoms with E-state index in [9.17, 15) is 9.59 Å². The highest BCUT2D eigenvalue weighted by Crippen LogP contribution is 2.45. The average molecular weight is 507 g/mol. The van der Waals surface area contributed by atoms with Gasteiger partial charge >= 0.3 is 6.09 Å². The first-order valence-electron chi connectivity index (χ1n) is 11.5. The number of nitrogens with one attached hydrogen (secondary N) is 1. The summed E-state index contributed by atoms with van der Waals surface area (Å²) in [6, 6.07) is 10.8. The van der Waals surface area contributed by atoms with Gasteiger partial charge in [0.05, 0.1) is 22.5 Å². The van der Waals surface area contributed by atoms with Crippen LogP contribution in [0.3, 0.4) is 0 Å². The van der Waals surface area contributed by atoms with E-state index >= 15 is 0 Å². The molecule has 0 saturated heterocycles. The molecule has 0 spiro atoms. The van der Waals surface area contributed by atoms with Gasteiger partial charge < -0.3 is 9.30 Å². The van der Waals surface area contributed by atoms with Crippen LogP contribution in [-0.2, 0) is 18.8 Å². The first-order valence-corrected chi connectivity index (χ1v) is 11.9. The first-order chi connectivity index (χ1) is 16.9. The Labute approximate surface area is 213 Å². The van der Waals surface area contributed by atoms with Gasteiger partial charge in [0.1, 0.15) is 17.2 Å². The number of halogens is 1. The molecule has 1 N–H and O–H groups in total. The minimum Gasteiger partial charge on any atom is -0.444 e. The maximum Gasteiger partial charge on any atom is 0.412 e. The number of aromatic nitrogens is 4. The maximum absolute atomic E-state index is 14.1. The zero-order valence-corrected chi connectivity index (χ0v) is 21.7. The smallest absolute Gasteiger partial charge is 0.412 e. The molecule has 1 atom stereocenters. The third-order valence-electron chi connectivity index (χ3n) is 6.17. The summed E-state index contributed by atoms with van der Waals surface area (Å²) < 4.78 is 8.99. The van der Waals surface area contributed by atoms with E-state index in [-0.39, 0.29) is 5.91 Å². The van der Waals surface area contributed by atoms with Crippen molar-refractivity contribution in [2.75, 3.05) is 10.2 Å². The number of rotatable bonds is 3. The Morgan fingerprint density at radius 3 is 2.50 bits per heavy atom. The van der Waals surface area contributed by atoms with E-state index < -0.39 is 17.7 Å². The van der Waals surface area contributed by atoms with E-state index in [2.05, 4.69) is 15.6 Å². The number of carbonyl (C=O) groups is 2. The molecule has 2 aromatic carbocycles. The lowest BCUT2D eigenvalue weighted by Crippen LogP contribution is -2.30. The summed E-state index contributed by atoms with van der Waals surface area (Å²) in [7, 11) is 3.68. The average Bonchev–Trinajstić information content (AvgIpc) is 3.40. The lowest BCUT2D eigenvalue weighted by Gasteiger charge is -2.27. The van der Waals surface area contributed by atoms with Crippen molar-refractivity contribution in [1.82, 2.24) is 19.6 Å². The van der Waals surface area contributed by atoms with E-state index in [1.807, 2.05) is 49.9 Å². The second kappa shape index (κ2) is 8.37. The van der Waals surface area contributed by atoms with Gasteiger partial charge in [-0.15, -0.1) is 5.10 Å². The van der Waals surface area contributed by atoms with Crippen LogP contribution in [0, 0.1) is 6.92 Å². The molecule has 0 aliphatic carbocycles. The normalized spacial score (nSPS) is 15.5. The SMILES string of the molecule is Cc1cc(N2C(=O)c3c(NC(=O)OC(C)(C)C)cn(C)c3C2c2ccc(Cl)cc2)cc2c1nnn2C. The molecule has 4 aromatic rings. The van der Waals surface area contributed by atoms with Crippen LogP contribution in [0.2, 0.25) is 5.02 Å². The Hall–Kier alpha value is -3.85. The molecule has 186 valence electrons. The van der Waals surface area contributed by atoms with Crippen LogP contribution in [0.15, 0.2) is 42.6 Å². The molecule has 0 radical (unpaired) electrons. The van der Waals surface area contributed by atoms with Crippen LogP contribution in [0.25, 0.3) is 11.0 Å². The number of aryl methyl sites for hydroxylation is 3. The summed E-state index contributed by atoms with van der Waals surface area (Å²) in [6.07, 6.45) is 1.12. The van der Waals surface area contributed by atoms with E-state index in [1.54, 1.807) is 48.7 Å². The molecule has 36 heavy (non-hydrogen) atoms. The standard InChI is InChI=1S/C26H27ClN6O3/c1-14-11-17(12-19-21(14)29-30-32(19)6)33-22(15-7-9-16(27)10-8-15)23-20(24(33)34)18(13-31(23)5)28-25(35)36-26(2,3)4/h7-13,22H,1-6H3,(H,28,35). The molecule has 1 aliphatic heterocycles. The molecule has 0 fully saturated rings. The summed E-state index contributed by atoms with van der Waals surface area (Å²) in [4.78, 5) is 28.4. The molecule has 0 saturated carbocycles. The molecule has 1 unspecified atom stereocenters. The Morgan fingerprint density at radius 2 is 1.83 bits per heavy atom. The molecule has 9 nitrogen and oxygen atoms in total. The molecule has 5 rings (SSSR count). The number of nitrogens with zero attached hydrogens (tertiary/aromatic N) is 5. The molecular weight excluding hydrogens is 480 g/mol. The monoisotopic (exact) mass is 506 g/mol. The Balaban J connectivity index is 1.67. The van der Waals surface area contributed by atoms with Crippen molar-refractivity contribution < 1.29 is 14.3 Å². The van der Waals surface area contributed by atoms with Crippen molar-refractivity contribution in [3.63, 3.8) is 0 Å². The summed E-state index contributed by atoms with van der Waals surface area (Å²) in [6.45, 7) is 7.31. The van der Waals surface area contributed by atoms with Gasteiger partial charge in [0.2, 0.25) is 0 Å². The zero-order valence-electron chi connectivity index (χ0n) is 21.0. The van der Waals surface area contributed by atoms with Gasteiger partial charge in [-0.25, -0.2) is 9.48 Å². The van der Waals surface area contributed by atoms with Crippen molar-refractivity contribution in [3.05, 3.63) is 70.0 Å². The highest BCUT2D eigenvalue weighted by Gasteiger charge is 2.44. The highest BCUT2D eigenvalue weighted by atomic mass is 35.5. The lowest BCUT2D eigenvalue weighted by molar-refractivity contribution is 0.0636. The number of hydrogen-bond donors (Lipinski definition) is 1. The fourth-order valence-corrected chi connectivity index (χ4v) is 4.83. The fraction of sp³-hybridized carbons (Fsp3) is 0.308. The molecule has 1 aliphatic rings. The van der Waals surface area contributed by atoms with Crippen LogP contribution in [0.5, 0.6) is 0 Å². The highest BCUT2D eigenvalue weighted by molar-refractivity contribution is 6.30. The van der Waals surface area contributed by atoms with Crippen molar-refractivity contribution >= 4 is 46.0 Å². The summed E-state index contributed by atoms with van der Waals surface area (Å²) in [5.41, 5.74) is 4.99. The summed E-state index contributed by atoms with van der Waals surface area (Å²) >= 11 is 6.17. The predicted molar refractivity (Wildman–Crippen MR) is 139 cm³/mol. The molecule has 10 heteroatoms. The van der Waals surface area contributed by atoms with Crippen molar-refractivity contribution in [3.8, 4) is 0 Å². The Kier molecular flexibility index (Phi) is 5.55. The van der Waals surface area contributed by atoms with Gasteiger partial charge in [0.15, 0.2) is 0 Å². The van der Waals surface area contributed by atoms with Crippen LogP contribution in [0.1, 0.15) is 54.0 Å². The Bertz CT molecular complexity index is 1510. The van der Waals surface area contributed by atoms with E-state index in [1.165, 1.54) is 0 Å².